The third-order valence-corrected chi connectivity index (χ3v) is 6.04. The lowest BCUT2D eigenvalue weighted by Gasteiger charge is -2.16. The smallest absolute Gasteiger partial charge is 0.338 e. The van der Waals surface area contributed by atoms with Crippen LogP contribution < -0.4 is 9.80 Å². The van der Waals surface area contributed by atoms with Crippen molar-refractivity contribution < 1.29 is 28.7 Å². The van der Waals surface area contributed by atoms with Gasteiger partial charge >= 0.3 is 5.97 Å². The van der Waals surface area contributed by atoms with E-state index in [9.17, 15) is 24.0 Å². The molecule has 0 radical (unpaired) electrons. The predicted octanol–water partition coefficient (Wildman–Crippen LogP) is 3.65. The van der Waals surface area contributed by atoms with E-state index in [0.29, 0.717) is 29.7 Å². The normalized spacial score (nSPS) is 14.9. The molecule has 1 saturated heterocycles. The zero-order chi connectivity index (χ0) is 24.5. The molecule has 0 atom stereocenters. The summed E-state index contributed by atoms with van der Waals surface area (Å²) < 4.78 is 5.18. The van der Waals surface area contributed by atoms with Gasteiger partial charge < -0.3 is 9.64 Å². The summed E-state index contributed by atoms with van der Waals surface area (Å²) in [5.41, 5.74) is 2.03. The van der Waals surface area contributed by atoms with Gasteiger partial charge in [-0.25, -0.2) is 9.69 Å². The van der Waals surface area contributed by atoms with Crippen LogP contribution in [0.3, 0.4) is 0 Å². The molecule has 174 valence electrons. The second kappa shape index (κ2) is 8.98. The second-order valence-electron chi connectivity index (χ2n) is 8.24. The molecular weight excluding hydrogens is 448 g/mol. The van der Waals surface area contributed by atoms with Gasteiger partial charge in [0.15, 0.2) is 12.4 Å². The topological polar surface area (TPSA) is 101 Å². The fourth-order valence-corrected chi connectivity index (χ4v) is 4.24. The van der Waals surface area contributed by atoms with Crippen molar-refractivity contribution in [1.29, 1.82) is 0 Å². The fraction of sp³-hybridized carbons (Fsp3) is 0.148. The first-order valence-electron chi connectivity index (χ1n) is 11.1. The number of imide groups is 1. The number of ether oxygens (including phenoxy) is 1. The van der Waals surface area contributed by atoms with Gasteiger partial charge in [-0.3, -0.25) is 19.2 Å². The number of ketones is 1. The van der Waals surface area contributed by atoms with Crippen LogP contribution in [-0.4, -0.2) is 42.6 Å². The molecular formula is C27H20N2O6. The molecule has 0 saturated carbocycles. The zero-order valence-corrected chi connectivity index (χ0v) is 18.6. The van der Waals surface area contributed by atoms with Crippen molar-refractivity contribution in [3.63, 3.8) is 0 Å². The van der Waals surface area contributed by atoms with Gasteiger partial charge in [-0.2, -0.15) is 0 Å². The molecule has 3 aromatic carbocycles. The molecule has 0 spiro atoms. The predicted molar refractivity (Wildman–Crippen MR) is 127 cm³/mol. The lowest BCUT2D eigenvalue weighted by molar-refractivity contribution is -0.117. The number of nitrogens with zero attached hydrogens (tertiary/aromatic N) is 2. The van der Waals surface area contributed by atoms with Crippen LogP contribution in [0.1, 0.15) is 54.3 Å². The molecule has 0 bridgehead atoms. The summed E-state index contributed by atoms with van der Waals surface area (Å²) in [6, 6.07) is 19.1. The van der Waals surface area contributed by atoms with Crippen LogP contribution in [0.4, 0.5) is 11.4 Å². The number of fused-ring (bicyclic) bond motifs is 1. The number of hydrogen-bond donors (Lipinski definition) is 0. The Labute approximate surface area is 200 Å². The summed E-state index contributed by atoms with van der Waals surface area (Å²) in [5.74, 6) is -2.03. The molecule has 5 rings (SSSR count). The highest BCUT2D eigenvalue weighted by atomic mass is 16.5. The SMILES string of the molecule is O=C(COC(=O)c1cccc(N2C(=O)c3ccccc3C2=O)c1)c1ccc(N2CCCC2=O)cc1. The van der Waals surface area contributed by atoms with E-state index < -0.39 is 30.2 Å². The van der Waals surface area contributed by atoms with Gasteiger partial charge in [-0.1, -0.05) is 18.2 Å². The van der Waals surface area contributed by atoms with E-state index >= 15 is 0 Å². The van der Waals surface area contributed by atoms with Crippen molar-refractivity contribution in [3.05, 3.63) is 95.1 Å². The maximum absolute atomic E-state index is 12.7. The highest BCUT2D eigenvalue weighted by molar-refractivity contribution is 6.34. The van der Waals surface area contributed by atoms with E-state index in [2.05, 4.69) is 0 Å². The minimum atomic E-state index is -0.754. The van der Waals surface area contributed by atoms with Gasteiger partial charge in [0.25, 0.3) is 11.8 Å². The van der Waals surface area contributed by atoms with Crippen molar-refractivity contribution >= 4 is 40.8 Å². The summed E-state index contributed by atoms with van der Waals surface area (Å²) in [5, 5.41) is 0. The van der Waals surface area contributed by atoms with Crippen LogP contribution in [0, 0.1) is 0 Å². The van der Waals surface area contributed by atoms with Crippen LogP contribution >= 0.6 is 0 Å². The first-order chi connectivity index (χ1) is 16.9. The van der Waals surface area contributed by atoms with Crippen molar-refractivity contribution in [2.24, 2.45) is 0 Å². The summed E-state index contributed by atoms with van der Waals surface area (Å²) in [7, 11) is 0. The van der Waals surface area contributed by atoms with Gasteiger partial charge in [0.05, 0.1) is 22.4 Å². The molecule has 2 aliphatic heterocycles. The number of benzene rings is 3. The fourth-order valence-electron chi connectivity index (χ4n) is 4.24. The molecule has 0 N–H and O–H groups in total. The molecule has 1 fully saturated rings. The van der Waals surface area contributed by atoms with E-state index in [0.717, 1.165) is 17.0 Å². The Morgan fingerprint density at radius 1 is 0.771 bits per heavy atom. The Bertz CT molecular complexity index is 1340. The van der Waals surface area contributed by atoms with Crippen molar-refractivity contribution in [3.8, 4) is 0 Å². The van der Waals surface area contributed by atoms with Crippen LogP contribution in [0.15, 0.2) is 72.8 Å². The summed E-state index contributed by atoms with van der Waals surface area (Å²) >= 11 is 0. The molecule has 8 nitrogen and oxygen atoms in total. The Kier molecular flexibility index (Phi) is 5.70. The van der Waals surface area contributed by atoms with Crippen molar-refractivity contribution in [2.75, 3.05) is 23.0 Å². The molecule has 0 aliphatic carbocycles. The number of amides is 3. The second-order valence-corrected chi connectivity index (χ2v) is 8.24. The van der Waals surface area contributed by atoms with Crippen LogP contribution in [0.25, 0.3) is 0 Å². The van der Waals surface area contributed by atoms with E-state index in [1.807, 2.05) is 0 Å². The van der Waals surface area contributed by atoms with Crippen molar-refractivity contribution in [2.45, 2.75) is 12.8 Å². The largest absolute Gasteiger partial charge is 0.454 e. The number of carbonyl (C=O) groups excluding carboxylic acids is 5. The molecule has 0 aromatic heterocycles. The Balaban J connectivity index is 1.24. The van der Waals surface area contributed by atoms with Crippen LogP contribution in [0.2, 0.25) is 0 Å². The molecule has 3 aromatic rings. The van der Waals surface area contributed by atoms with Gasteiger partial charge in [0, 0.05) is 24.2 Å². The number of hydrogen-bond acceptors (Lipinski definition) is 6. The van der Waals surface area contributed by atoms with E-state index in [1.54, 1.807) is 59.5 Å². The first-order valence-corrected chi connectivity index (χ1v) is 11.1. The minimum Gasteiger partial charge on any atom is -0.454 e. The maximum Gasteiger partial charge on any atom is 0.338 e. The Hall–Kier alpha value is -4.59. The number of rotatable bonds is 6. The first kappa shape index (κ1) is 22.2. The third kappa shape index (κ3) is 4.10. The summed E-state index contributed by atoms with van der Waals surface area (Å²) in [4.78, 5) is 65.1. The standard InChI is InChI=1S/C27H20N2O6/c30-23(17-10-12-19(13-11-17)28-14-4-9-24(28)31)16-35-27(34)18-5-3-6-20(15-18)29-25(32)21-7-1-2-8-22(21)26(29)33/h1-3,5-8,10-13,15H,4,9,14,16H2. The average molecular weight is 468 g/mol. The van der Waals surface area contributed by atoms with Gasteiger partial charge in [-0.15, -0.1) is 0 Å². The van der Waals surface area contributed by atoms with E-state index in [4.69, 9.17) is 4.74 Å². The number of anilines is 2. The summed E-state index contributed by atoms with van der Waals surface area (Å²) in [6.07, 6.45) is 1.33. The molecule has 35 heavy (non-hydrogen) atoms. The number of carbonyl (C=O) groups is 5. The third-order valence-electron chi connectivity index (χ3n) is 6.04. The van der Waals surface area contributed by atoms with Crippen LogP contribution in [-0.2, 0) is 9.53 Å². The summed E-state index contributed by atoms with van der Waals surface area (Å²) in [6.45, 7) is 0.182. The number of esters is 1. The molecule has 3 amide bonds. The highest BCUT2D eigenvalue weighted by Gasteiger charge is 2.36. The van der Waals surface area contributed by atoms with Gasteiger partial charge in [0.2, 0.25) is 5.91 Å². The highest BCUT2D eigenvalue weighted by Crippen LogP contribution is 2.29. The van der Waals surface area contributed by atoms with E-state index in [-0.39, 0.29) is 17.2 Å². The lowest BCUT2D eigenvalue weighted by Crippen LogP contribution is -2.29. The lowest BCUT2D eigenvalue weighted by atomic mass is 10.1. The molecule has 0 unspecified atom stereocenters. The minimum absolute atomic E-state index is 0.0569. The zero-order valence-electron chi connectivity index (χ0n) is 18.6. The molecule has 2 heterocycles. The van der Waals surface area contributed by atoms with Crippen molar-refractivity contribution in [1.82, 2.24) is 0 Å². The Morgan fingerprint density at radius 2 is 1.46 bits per heavy atom. The quantitative estimate of drug-likeness (QED) is 0.311. The van der Waals surface area contributed by atoms with Gasteiger partial charge in [-0.05, 0) is 61.0 Å². The van der Waals surface area contributed by atoms with Crippen LogP contribution in [0.5, 0.6) is 0 Å². The monoisotopic (exact) mass is 468 g/mol. The number of Topliss-reactive ketones (excluding diaryl/α,β-unsaturated/α-hetero) is 1. The van der Waals surface area contributed by atoms with Gasteiger partial charge in [0.1, 0.15) is 0 Å². The Morgan fingerprint density at radius 3 is 2.09 bits per heavy atom. The maximum atomic E-state index is 12.7. The average Bonchev–Trinajstić information content (AvgIpc) is 3.43. The van der Waals surface area contributed by atoms with E-state index in [1.165, 1.54) is 18.2 Å². The molecule has 2 aliphatic rings. The molecule has 8 heteroatoms.